The van der Waals surface area contributed by atoms with Crippen molar-refractivity contribution in [2.75, 3.05) is 0 Å². The number of H-pyrrole nitrogens is 1. The molecule has 0 radical (unpaired) electrons. The van der Waals surface area contributed by atoms with E-state index in [1.54, 1.807) is 6.07 Å². The van der Waals surface area contributed by atoms with Crippen LogP contribution in [0.2, 0.25) is 0 Å². The third kappa shape index (κ3) is 2.33. The maximum atomic E-state index is 12.9. The van der Waals surface area contributed by atoms with E-state index < -0.39 is 17.6 Å². The summed E-state index contributed by atoms with van der Waals surface area (Å²) in [6, 6.07) is 6.30. The highest BCUT2D eigenvalue weighted by atomic mass is 19.4. The minimum atomic E-state index is -4.58. The molecule has 0 bridgehead atoms. The lowest BCUT2D eigenvalue weighted by Gasteiger charge is -2.10. The second-order valence-electron chi connectivity index (χ2n) is 3.83. The first-order chi connectivity index (χ1) is 9.34. The Kier molecular flexibility index (Phi) is 3.19. The summed E-state index contributed by atoms with van der Waals surface area (Å²) in [4.78, 5) is 17.1. The maximum absolute atomic E-state index is 12.9. The molecule has 0 aliphatic heterocycles. The van der Waals surface area contributed by atoms with E-state index in [1.807, 2.05) is 0 Å². The number of hydrogen-bond donors (Lipinski definition) is 2. The Morgan fingerprint density at radius 2 is 2.00 bits per heavy atom. The zero-order valence-corrected chi connectivity index (χ0v) is 9.82. The molecule has 1 heterocycles. The number of carbonyl (C=O) groups excluding carboxylic acids is 1. The van der Waals surface area contributed by atoms with Crippen LogP contribution in [0.3, 0.4) is 0 Å². The predicted octanol–water partition coefficient (Wildman–Crippen LogP) is 2.07. The van der Waals surface area contributed by atoms with E-state index in [0.29, 0.717) is 0 Å². The number of rotatable bonds is 2. The Morgan fingerprint density at radius 1 is 1.35 bits per heavy atom. The highest BCUT2D eigenvalue weighted by Gasteiger charge is 2.34. The van der Waals surface area contributed by atoms with Gasteiger partial charge in [-0.25, -0.2) is 4.98 Å². The summed E-state index contributed by atoms with van der Waals surface area (Å²) in [6.45, 7) is 0. The number of alkyl halides is 3. The Morgan fingerprint density at radius 3 is 2.50 bits per heavy atom. The quantitative estimate of drug-likeness (QED) is 0.881. The summed E-state index contributed by atoms with van der Waals surface area (Å²) >= 11 is 0. The van der Waals surface area contributed by atoms with E-state index in [-0.39, 0.29) is 22.8 Å². The van der Waals surface area contributed by atoms with Gasteiger partial charge in [-0.1, -0.05) is 18.2 Å². The molecule has 2 aromatic rings. The lowest BCUT2D eigenvalue weighted by atomic mass is 10.1. The van der Waals surface area contributed by atoms with Gasteiger partial charge in [-0.05, 0) is 6.07 Å². The van der Waals surface area contributed by atoms with E-state index in [9.17, 15) is 18.0 Å². The van der Waals surface area contributed by atoms with Crippen molar-refractivity contribution in [2.45, 2.75) is 6.18 Å². The van der Waals surface area contributed by atoms with E-state index in [2.05, 4.69) is 9.97 Å². The summed E-state index contributed by atoms with van der Waals surface area (Å²) in [5.74, 6) is -1.20. The number of carbonyl (C=O) groups is 1. The number of aromatic amines is 1. The number of benzene rings is 1. The van der Waals surface area contributed by atoms with Gasteiger partial charge in [0.1, 0.15) is 17.6 Å². The number of halogens is 3. The fraction of sp³-hybridized carbons (Fsp3) is 0.0833. The van der Waals surface area contributed by atoms with Crippen molar-refractivity contribution >= 4 is 5.91 Å². The van der Waals surface area contributed by atoms with Gasteiger partial charge >= 0.3 is 6.18 Å². The zero-order chi connectivity index (χ0) is 14.9. The van der Waals surface area contributed by atoms with Crippen LogP contribution in [0.4, 0.5) is 13.2 Å². The van der Waals surface area contributed by atoms with Crippen LogP contribution in [-0.4, -0.2) is 15.9 Å². The SMILES string of the molecule is N#Cc1nc(-c2ccccc2C(F)(F)F)[nH]c1C(N)=O. The predicted molar refractivity (Wildman–Crippen MR) is 62.3 cm³/mol. The minimum Gasteiger partial charge on any atom is -0.364 e. The number of nitrogens with two attached hydrogens (primary N) is 1. The van der Waals surface area contributed by atoms with Crippen molar-refractivity contribution in [1.82, 2.24) is 9.97 Å². The number of imidazole rings is 1. The number of nitrogens with zero attached hydrogens (tertiary/aromatic N) is 2. The zero-order valence-electron chi connectivity index (χ0n) is 9.82. The molecule has 0 saturated carbocycles. The molecule has 0 spiro atoms. The number of nitriles is 1. The van der Waals surface area contributed by atoms with E-state index >= 15 is 0 Å². The van der Waals surface area contributed by atoms with Gasteiger partial charge in [0.05, 0.1) is 5.56 Å². The van der Waals surface area contributed by atoms with Crippen LogP contribution in [0, 0.1) is 11.3 Å². The largest absolute Gasteiger partial charge is 0.417 e. The molecule has 2 rings (SSSR count). The van der Waals surface area contributed by atoms with Gasteiger partial charge in [0.2, 0.25) is 0 Å². The highest BCUT2D eigenvalue weighted by molar-refractivity contribution is 5.93. The average Bonchev–Trinajstić information content (AvgIpc) is 2.82. The molecule has 1 aromatic carbocycles. The van der Waals surface area contributed by atoms with Gasteiger partial charge in [0, 0.05) is 5.56 Å². The number of hydrogen-bond acceptors (Lipinski definition) is 3. The van der Waals surface area contributed by atoms with E-state index in [4.69, 9.17) is 11.0 Å². The molecule has 8 heteroatoms. The molecule has 5 nitrogen and oxygen atoms in total. The van der Waals surface area contributed by atoms with Crippen molar-refractivity contribution in [3.8, 4) is 17.5 Å². The number of aromatic nitrogens is 2. The summed E-state index contributed by atoms with van der Waals surface area (Å²) in [6.07, 6.45) is -4.58. The van der Waals surface area contributed by atoms with Crippen molar-refractivity contribution in [1.29, 1.82) is 5.26 Å². The summed E-state index contributed by atoms with van der Waals surface area (Å²) in [5.41, 5.74) is 3.18. The molecule has 102 valence electrons. The molecule has 0 unspecified atom stereocenters. The molecule has 0 aliphatic rings. The van der Waals surface area contributed by atoms with Crippen LogP contribution in [0.25, 0.3) is 11.4 Å². The number of amides is 1. The number of primary amides is 1. The summed E-state index contributed by atoms with van der Waals surface area (Å²) in [7, 11) is 0. The van der Waals surface area contributed by atoms with Crippen LogP contribution in [-0.2, 0) is 6.18 Å². The Hall–Kier alpha value is -2.82. The number of nitrogens with one attached hydrogen (secondary N) is 1. The van der Waals surface area contributed by atoms with Crippen molar-refractivity contribution in [3.05, 3.63) is 41.2 Å². The molecular weight excluding hydrogens is 273 g/mol. The second-order valence-corrected chi connectivity index (χ2v) is 3.83. The monoisotopic (exact) mass is 280 g/mol. The standard InChI is InChI=1S/C12H7F3N4O/c13-12(14,15)7-4-2-1-3-6(7)11-18-8(5-16)9(19-11)10(17)20/h1-4H,(H2,17,20)(H,18,19). The third-order valence-corrected chi connectivity index (χ3v) is 2.54. The lowest BCUT2D eigenvalue weighted by Crippen LogP contribution is -2.13. The highest BCUT2D eigenvalue weighted by Crippen LogP contribution is 2.36. The first-order valence-electron chi connectivity index (χ1n) is 5.31. The van der Waals surface area contributed by atoms with Crippen LogP contribution in [0.1, 0.15) is 21.7 Å². The first-order valence-corrected chi connectivity index (χ1v) is 5.31. The molecule has 0 atom stereocenters. The lowest BCUT2D eigenvalue weighted by molar-refractivity contribution is -0.137. The molecule has 0 fully saturated rings. The topological polar surface area (TPSA) is 95.6 Å². The van der Waals surface area contributed by atoms with E-state index in [0.717, 1.165) is 6.07 Å². The minimum absolute atomic E-state index is 0.233. The molecular formula is C12H7F3N4O. The Balaban J connectivity index is 2.65. The Labute approximate surface area is 110 Å². The van der Waals surface area contributed by atoms with Crippen molar-refractivity contribution in [2.24, 2.45) is 5.73 Å². The molecule has 1 aromatic heterocycles. The Bertz CT molecular complexity index is 712. The molecule has 20 heavy (non-hydrogen) atoms. The first kappa shape index (κ1) is 13.6. The average molecular weight is 280 g/mol. The van der Waals surface area contributed by atoms with E-state index in [1.165, 1.54) is 18.2 Å². The van der Waals surface area contributed by atoms with Crippen LogP contribution < -0.4 is 5.73 Å². The van der Waals surface area contributed by atoms with Gasteiger partial charge in [0.25, 0.3) is 5.91 Å². The molecule has 0 saturated heterocycles. The van der Waals surface area contributed by atoms with Gasteiger partial charge in [-0.15, -0.1) is 0 Å². The summed E-state index contributed by atoms with van der Waals surface area (Å²) in [5, 5.41) is 8.79. The van der Waals surface area contributed by atoms with Crippen LogP contribution >= 0.6 is 0 Å². The van der Waals surface area contributed by atoms with Crippen molar-refractivity contribution in [3.63, 3.8) is 0 Å². The van der Waals surface area contributed by atoms with Crippen LogP contribution in [0.5, 0.6) is 0 Å². The fourth-order valence-corrected chi connectivity index (χ4v) is 1.70. The molecule has 1 amide bonds. The van der Waals surface area contributed by atoms with Crippen molar-refractivity contribution < 1.29 is 18.0 Å². The second kappa shape index (κ2) is 4.70. The normalized spacial score (nSPS) is 11.1. The fourth-order valence-electron chi connectivity index (χ4n) is 1.70. The molecule has 0 aliphatic carbocycles. The van der Waals surface area contributed by atoms with Gasteiger partial charge < -0.3 is 10.7 Å². The smallest absolute Gasteiger partial charge is 0.364 e. The van der Waals surface area contributed by atoms with Gasteiger partial charge in [-0.2, -0.15) is 18.4 Å². The van der Waals surface area contributed by atoms with Crippen LogP contribution in [0.15, 0.2) is 24.3 Å². The summed E-state index contributed by atoms with van der Waals surface area (Å²) < 4.78 is 38.7. The van der Waals surface area contributed by atoms with Gasteiger partial charge in [-0.3, -0.25) is 4.79 Å². The third-order valence-electron chi connectivity index (χ3n) is 2.54. The van der Waals surface area contributed by atoms with Gasteiger partial charge in [0.15, 0.2) is 5.69 Å². The maximum Gasteiger partial charge on any atom is 0.417 e. The molecule has 3 N–H and O–H groups in total.